The summed E-state index contributed by atoms with van der Waals surface area (Å²) >= 11 is 0. The van der Waals surface area contributed by atoms with Crippen molar-refractivity contribution in [3.05, 3.63) is 0 Å². The summed E-state index contributed by atoms with van der Waals surface area (Å²) in [4.78, 5) is 17.5. The zero-order chi connectivity index (χ0) is 11.7. The van der Waals surface area contributed by atoms with Crippen LogP contribution in [0.25, 0.3) is 0 Å². The quantitative estimate of drug-likeness (QED) is 0.387. The van der Waals surface area contributed by atoms with E-state index in [2.05, 4.69) is 0 Å². The van der Waals surface area contributed by atoms with Crippen molar-refractivity contribution < 1.29 is 28.1 Å². The van der Waals surface area contributed by atoms with Gasteiger partial charge in [-0.05, 0) is 0 Å². The number of phosphoric acid groups is 1. The molecule has 1 heterocycles. The average molecular weight is 240 g/mol. The number of likely N-dealkylation sites (N-methyl/N-ethyl adjacent to an activating group) is 1. The highest BCUT2D eigenvalue weighted by Gasteiger charge is 2.33. The van der Waals surface area contributed by atoms with E-state index < -0.39 is 13.9 Å². The molecule has 0 amide bonds. The summed E-state index contributed by atoms with van der Waals surface area (Å²) in [7, 11) is 1.44. The van der Waals surface area contributed by atoms with Crippen LogP contribution in [0.5, 0.6) is 0 Å². The molecule has 0 saturated carbocycles. The minimum Gasteiger partial charge on any atom is -0.373 e. The van der Waals surface area contributed by atoms with E-state index in [1.54, 1.807) is 0 Å². The molecule has 0 bridgehead atoms. The Morgan fingerprint density at radius 1 is 1.53 bits per heavy atom. The molecular weight excluding hydrogens is 221 g/mol. The zero-order valence-electron chi connectivity index (χ0n) is 9.29. The number of phosphoric ester groups is 1. The molecule has 0 aromatic heterocycles. The van der Waals surface area contributed by atoms with Crippen molar-refractivity contribution >= 4 is 7.82 Å². The molecular formula is C8H19NO5P+. The fourth-order valence-electron chi connectivity index (χ4n) is 1.45. The summed E-state index contributed by atoms with van der Waals surface area (Å²) in [5.74, 6) is 0. The second kappa shape index (κ2) is 4.49. The van der Waals surface area contributed by atoms with Crippen LogP contribution in [0.2, 0.25) is 0 Å². The van der Waals surface area contributed by atoms with Crippen LogP contribution in [-0.2, 0) is 13.8 Å². The summed E-state index contributed by atoms with van der Waals surface area (Å²) in [6.45, 7) is 1.21. The number of hydrogen-bond acceptors (Lipinski definition) is 3. The van der Waals surface area contributed by atoms with E-state index in [1.807, 2.05) is 21.1 Å². The lowest BCUT2D eigenvalue weighted by molar-refractivity contribution is -0.873. The van der Waals surface area contributed by atoms with E-state index in [1.165, 1.54) is 0 Å². The van der Waals surface area contributed by atoms with E-state index in [0.717, 1.165) is 0 Å². The minimum atomic E-state index is -4.40. The molecule has 0 aromatic carbocycles. The van der Waals surface area contributed by atoms with Gasteiger partial charge in [0.2, 0.25) is 0 Å². The van der Waals surface area contributed by atoms with Crippen molar-refractivity contribution in [3.63, 3.8) is 0 Å². The van der Waals surface area contributed by atoms with Gasteiger partial charge in [-0.25, -0.2) is 4.57 Å². The van der Waals surface area contributed by atoms with Gasteiger partial charge in [-0.15, -0.1) is 0 Å². The monoisotopic (exact) mass is 240 g/mol. The van der Waals surface area contributed by atoms with Crippen molar-refractivity contribution in [1.29, 1.82) is 0 Å². The standard InChI is InChI=1S/C8H18NO5P/c1-9(2,3)5-7(4-8-6-13-8)14-15(10,11)12/h7-8H,4-6H2,1-3H3,(H-,10,11,12)/p+1. The molecule has 1 aliphatic rings. The van der Waals surface area contributed by atoms with Gasteiger partial charge in [0, 0.05) is 6.42 Å². The molecule has 2 atom stereocenters. The molecule has 0 aromatic rings. The maximum absolute atomic E-state index is 10.8. The topological polar surface area (TPSA) is 79.3 Å². The van der Waals surface area contributed by atoms with Crippen LogP contribution in [0.4, 0.5) is 0 Å². The molecule has 0 aliphatic carbocycles. The lowest BCUT2D eigenvalue weighted by Crippen LogP contribution is -2.42. The number of epoxide rings is 1. The van der Waals surface area contributed by atoms with Crippen LogP contribution < -0.4 is 0 Å². The van der Waals surface area contributed by atoms with E-state index in [-0.39, 0.29) is 6.10 Å². The van der Waals surface area contributed by atoms with Gasteiger partial charge < -0.3 is 19.0 Å². The van der Waals surface area contributed by atoms with Crippen molar-refractivity contribution in [2.75, 3.05) is 34.3 Å². The molecule has 7 heteroatoms. The molecule has 2 unspecified atom stereocenters. The molecule has 6 nitrogen and oxygen atoms in total. The van der Waals surface area contributed by atoms with Gasteiger partial charge >= 0.3 is 7.82 Å². The van der Waals surface area contributed by atoms with Gasteiger partial charge in [-0.1, -0.05) is 0 Å². The minimum absolute atomic E-state index is 0.105. The molecule has 0 radical (unpaired) electrons. The average Bonchev–Trinajstić information content (AvgIpc) is 2.61. The highest BCUT2D eigenvalue weighted by Crippen LogP contribution is 2.39. The van der Waals surface area contributed by atoms with E-state index in [0.29, 0.717) is 24.1 Å². The third-order valence-electron chi connectivity index (χ3n) is 1.97. The van der Waals surface area contributed by atoms with Gasteiger partial charge in [0.1, 0.15) is 12.6 Å². The molecule has 0 spiro atoms. The number of quaternary nitrogens is 1. The lowest BCUT2D eigenvalue weighted by Gasteiger charge is -2.28. The number of rotatable bonds is 6. The van der Waals surface area contributed by atoms with Crippen LogP contribution >= 0.6 is 7.82 Å². The Bertz CT molecular complexity index is 254. The predicted molar refractivity (Wildman–Crippen MR) is 54.2 cm³/mol. The summed E-state index contributed by atoms with van der Waals surface area (Å²) in [6, 6.07) is 0. The smallest absolute Gasteiger partial charge is 0.373 e. The van der Waals surface area contributed by atoms with Crippen LogP contribution in [0.3, 0.4) is 0 Å². The SMILES string of the molecule is C[N+](C)(C)CC(CC1CO1)OP(=O)(O)O. The summed E-state index contributed by atoms with van der Waals surface area (Å²) < 4.78 is 21.1. The molecule has 15 heavy (non-hydrogen) atoms. The maximum atomic E-state index is 10.8. The molecule has 1 aliphatic heterocycles. The highest BCUT2D eigenvalue weighted by atomic mass is 31.2. The van der Waals surface area contributed by atoms with Crippen molar-refractivity contribution in [2.24, 2.45) is 0 Å². The van der Waals surface area contributed by atoms with Crippen molar-refractivity contribution in [2.45, 2.75) is 18.6 Å². The van der Waals surface area contributed by atoms with Gasteiger partial charge in [0.05, 0.1) is 33.9 Å². The second-order valence-electron chi connectivity index (χ2n) is 4.88. The number of hydrogen-bond donors (Lipinski definition) is 2. The van der Waals surface area contributed by atoms with Gasteiger partial charge in [-0.3, -0.25) is 4.52 Å². The van der Waals surface area contributed by atoms with Gasteiger partial charge in [-0.2, -0.15) is 0 Å². The molecule has 2 N–H and O–H groups in total. The summed E-state index contributed by atoms with van der Waals surface area (Å²) in [5, 5.41) is 0. The zero-order valence-corrected chi connectivity index (χ0v) is 10.2. The first-order valence-corrected chi connectivity index (χ1v) is 6.35. The molecule has 1 saturated heterocycles. The fraction of sp³-hybridized carbons (Fsp3) is 1.00. The normalized spacial score (nSPS) is 23.9. The Labute approximate surface area is 89.6 Å². The van der Waals surface area contributed by atoms with Crippen LogP contribution in [0.1, 0.15) is 6.42 Å². The number of nitrogens with zero attached hydrogens (tertiary/aromatic N) is 1. The molecule has 90 valence electrons. The second-order valence-corrected chi connectivity index (χ2v) is 6.07. The van der Waals surface area contributed by atoms with Crippen LogP contribution in [0.15, 0.2) is 0 Å². The Hall–Kier alpha value is 0.0300. The number of ether oxygens (including phenoxy) is 1. The predicted octanol–water partition coefficient (Wildman–Crippen LogP) is -0.0406. The Balaban J connectivity index is 2.48. The summed E-state index contributed by atoms with van der Waals surface area (Å²) in [5.41, 5.74) is 0. The van der Waals surface area contributed by atoms with E-state index in [9.17, 15) is 4.57 Å². The van der Waals surface area contributed by atoms with Gasteiger partial charge in [0.25, 0.3) is 0 Å². The lowest BCUT2D eigenvalue weighted by atomic mass is 10.2. The first-order valence-electron chi connectivity index (χ1n) is 4.82. The van der Waals surface area contributed by atoms with Crippen LogP contribution in [-0.4, -0.2) is 60.8 Å². The van der Waals surface area contributed by atoms with E-state index in [4.69, 9.17) is 19.0 Å². The maximum Gasteiger partial charge on any atom is 0.470 e. The van der Waals surface area contributed by atoms with Crippen molar-refractivity contribution in [3.8, 4) is 0 Å². The first kappa shape index (κ1) is 13.1. The van der Waals surface area contributed by atoms with Gasteiger partial charge in [0.15, 0.2) is 0 Å². The molecule has 1 rings (SSSR count). The Morgan fingerprint density at radius 2 is 2.07 bits per heavy atom. The third-order valence-corrected chi connectivity index (χ3v) is 2.54. The largest absolute Gasteiger partial charge is 0.470 e. The van der Waals surface area contributed by atoms with Crippen LogP contribution in [0, 0.1) is 0 Å². The van der Waals surface area contributed by atoms with E-state index >= 15 is 0 Å². The third kappa shape index (κ3) is 7.00. The summed E-state index contributed by atoms with van der Waals surface area (Å²) in [6.07, 6.45) is 0.187. The first-order chi connectivity index (χ1) is 6.66. The Morgan fingerprint density at radius 3 is 2.40 bits per heavy atom. The molecule has 1 fully saturated rings. The highest BCUT2D eigenvalue weighted by molar-refractivity contribution is 7.46. The van der Waals surface area contributed by atoms with Crippen molar-refractivity contribution in [1.82, 2.24) is 0 Å². The Kier molecular flexibility index (Phi) is 3.92. The fourth-order valence-corrected chi connectivity index (χ4v) is 1.99.